The lowest BCUT2D eigenvalue weighted by molar-refractivity contribution is 0.0922. The smallest absolute Gasteiger partial charge is 0.271 e. The Hall–Kier alpha value is -3.09. The van der Waals surface area contributed by atoms with Crippen molar-refractivity contribution in [3.8, 4) is 16.9 Å². The van der Waals surface area contributed by atoms with Gasteiger partial charge in [-0.1, -0.05) is 12.1 Å². The molecule has 0 spiro atoms. The van der Waals surface area contributed by atoms with Crippen molar-refractivity contribution in [3.05, 3.63) is 54.9 Å². The maximum atomic E-state index is 12.1. The topological polar surface area (TPSA) is 74.0 Å². The first-order chi connectivity index (χ1) is 12.0. The SMILES string of the molecule is CC(COc1cccc(-c2cnn(C)c2)c1)NC(=O)c1cn(C)cn1. The summed E-state index contributed by atoms with van der Waals surface area (Å²) >= 11 is 0. The summed E-state index contributed by atoms with van der Waals surface area (Å²) in [7, 11) is 3.71. The summed E-state index contributed by atoms with van der Waals surface area (Å²) in [4.78, 5) is 16.1. The van der Waals surface area contributed by atoms with E-state index in [1.54, 1.807) is 21.8 Å². The molecule has 0 radical (unpaired) electrons. The molecule has 130 valence electrons. The highest BCUT2D eigenvalue weighted by Crippen LogP contribution is 2.23. The van der Waals surface area contributed by atoms with Crippen molar-refractivity contribution < 1.29 is 9.53 Å². The van der Waals surface area contributed by atoms with E-state index < -0.39 is 0 Å². The van der Waals surface area contributed by atoms with Crippen LogP contribution in [0.15, 0.2) is 49.2 Å². The lowest BCUT2D eigenvalue weighted by Crippen LogP contribution is -2.37. The second-order valence-electron chi connectivity index (χ2n) is 6.04. The van der Waals surface area contributed by atoms with Crippen molar-refractivity contribution >= 4 is 5.91 Å². The molecule has 3 aromatic rings. The molecule has 1 atom stereocenters. The first-order valence-electron chi connectivity index (χ1n) is 8.02. The van der Waals surface area contributed by atoms with Crippen LogP contribution in [0.1, 0.15) is 17.4 Å². The minimum absolute atomic E-state index is 0.142. The van der Waals surface area contributed by atoms with Crippen molar-refractivity contribution in [2.24, 2.45) is 14.1 Å². The Morgan fingerprint density at radius 3 is 2.80 bits per heavy atom. The molecule has 2 aromatic heterocycles. The van der Waals surface area contributed by atoms with E-state index in [-0.39, 0.29) is 11.9 Å². The molecular weight excluding hydrogens is 318 g/mol. The van der Waals surface area contributed by atoms with Crippen LogP contribution in [0.3, 0.4) is 0 Å². The molecule has 0 saturated heterocycles. The normalized spacial score (nSPS) is 12.0. The average molecular weight is 339 g/mol. The minimum Gasteiger partial charge on any atom is -0.491 e. The van der Waals surface area contributed by atoms with Gasteiger partial charge in [-0.05, 0) is 24.6 Å². The maximum absolute atomic E-state index is 12.1. The molecule has 0 bridgehead atoms. The zero-order chi connectivity index (χ0) is 17.8. The van der Waals surface area contributed by atoms with Gasteiger partial charge in [-0.2, -0.15) is 5.10 Å². The van der Waals surface area contributed by atoms with E-state index in [4.69, 9.17) is 4.74 Å². The molecule has 0 aliphatic carbocycles. The molecule has 3 rings (SSSR count). The van der Waals surface area contributed by atoms with Gasteiger partial charge < -0.3 is 14.6 Å². The van der Waals surface area contributed by atoms with E-state index in [0.29, 0.717) is 12.3 Å². The molecule has 7 nitrogen and oxygen atoms in total. The summed E-state index contributed by atoms with van der Waals surface area (Å²) in [5, 5.41) is 7.06. The molecule has 7 heteroatoms. The summed E-state index contributed by atoms with van der Waals surface area (Å²) in [6, 6.07) is 7.67. The van der Waals surface area contributed by atoms with Crippen LogP contribution in [-0.2, 0) is 14.1 Å². The van der Waals surface area contributed by atoms with Gasteiger partial charge in [0.15, 0.2) is 0 Å². The Labute approximate surface area is 146 Å². The number of imidazole rings is 1. The van der Waals surface area contributed by atoms with Gasteiger partial charge in [0, 0.05) is 32.1 Å². The van der Waals surface area contributed by atoms with Crippen LogP contribution in [0.25, 0.3) is 11.1 Å². The van der Waals surface area contributed by atoms with Crippen LogP contribution in [0.4, 0.5) is 0 Å². The maximum Gasteiger partial charge on any atom is 0.271 e. The molecule has 0 saturated carbocycles. The molecule has 1 amide bonds. The predicted octanol–water partition coefficient (Wildman–Crippen LogP) is 2.02. The Morgan fingerprint density at radius 1 is 1.28 bits per heavy atom. The van der Waals surface area contributed by atoms with Crippen LogP contribution in [0, 0.1) is 0 Å². The highest BCUT2D eigenvalue weighted by atomic mass is 16.5. The molecule has 1 aromatic carbocycles. The van der Waals surface area contributed by atoms with Crippen LogP contribution < -0.4 is 10.1 Å². The number of rotatable bonds is 6. The summed E-state index contributed by atoms with van der Waals surface area (Å²) in [5.41, 5.74) is 2.47. The Kier molecular flexibility index (Phi) is 4.83. The van der Waals surface area contributed by atoms with Gasteiger partial charge in [0.1, 0.15) is 18.1 Å². The van der Waals surface area contributed by atoms with Gasteiger partial charge in [-0.15, -0.1) is 0 Å². The van der Waals surface area contributed by atoms with Crippen molar-refractivity contribution in [3.63, 3.8) is 0 Å². The zero-order valence-corrected chi connectivity index (χ0v) is 14.5. The average Bonchev–Trinajstić information content (AvgIpc) is 3.22. The zero-order valence-electron chi connectivity index (χ0n) is 14.5. The molecule has 1 unspecified atom stereocenters. The fraction of sp³-hybridized carbons (Fsp3) is 0.278. The quantitative estimate of drug-likeness (QED) is 0.746. The van der Waals surface area contributed by atoms with Gasteiger partial charge in [0.05, 0.1) is 18.6 Å². The molecule has 2 heterocycles. The Bertz CT molecular complexity index is 868. The van der Waals surface area contributed by atoms with Gasteiger partial charge in [-0.3, -0.25) is 9.48 Å². The van der Waals surface area contributed by atoms with E-state index >= 15 is 0 Å². The number of nitrogens with one attached hydrogen (secondary N) is 1. The lowest BCUT2D eigenvalue weighted by Gasteiger charge is -2.14. The minimum atomic E-state index is -0.208. The summed E-state index contributed by atoms with van der Waals surface area (Å²) in [5.74, 6) is 0.543. The fourth-order valence-electron chi connectivity index (χ4n) is 2.43. The Balaban J connectivity index is 1.57. The molecule has 1 N–H and O–H groups in total. The van der Waals surface area contributed by atoms with Gasteiger partial charge >= 0.3 is 0 Å². The third-order valence-electron chi connectivity index (χ3n) is 3.69. The van der Waals surface area contributed by atoms with E-state index in [0.717, 1.165) is 16.9 Å². The third-order valence-corrected chi connectivity index (χ3v) is 3.69. The number of carbonyl (C=O) groups is 1. The summed E-state index contributed by atoms with van der Waals surface area (Å²) < 4.78 is 9.31. The Morgan fingerprint density at radius 2 is 2.12 bits per heavy atom. The highest BCUT2D eigenvalue weighted by molar-refractivity contribution is 5.92. The van der Waals surface area contributed by atoms with Gasteiger partial charge in [0.2, 0.25) is 0 Å². The van der Waals surface area contributed by atoms with Crippen LogP contribution in [0.2, 0.25) is 0 Å². The summed E-state index contributed by atoms with van der Waals surface area (Å²) in [6.07, 6.45) is 7.05. The van der Waals surface area contributed by atoms with Crippen LogP contribution in [0.5, 0.6) is 5.75 Å². The van der Waals surface area contributed by atoms with E-state index in [9.17, 15) is 4.79 Å². The number of benzene rings is 1. The molecule has 0 aliphatic rings. The van der Waals surface area contributed by atoms with Crippen molar-refractivity contribution in [1.82, 2.24) is 24.6 Å². The molecule has 0 fully saturated rings. The number of aromatic nitrogens is 4. The van der Waals surface area contributed by atoms with Crippen LogP contribution >= 0.6 is 0 Å². The summed E-state index contributed by atoms with van der Waals surface area (Å²) in [6.45, 7) is 2.26. The van der Waals surface area contributed by atoms with Crippen molar-refractivity contribution in [2.75, 3.05) is 6.61 Å². The fourth-order valence-corrected chi connectivity index (χ4v) is 2.43. The van der Waals surface area contributed by atoms with Crippen molar-refractivity contribution in [1.29, 1.82) is 0 Å². The number of amides is 1. The van der Waals surface area contributed by atoms with Crippen molar-refractivity contribution in [2.45, 2.75) is 13.0 Å². The number of hydrogen-bond donors (Lipinski definition) is 1. The molecular formula is C18H21N5O2. The second-order valence-corrected chi connectivity index (χ2v) is 6.04. The second kappa shape index (κ2) is 7.21. The van der Waals surface area contributed by atoms with E-state index in [1.807, 2.05) is 57.7 Å². The number of hydrogen-bond acceptors (Lipinski definition) is 4. The first-order valence-corrected chi connectivity index (χ1v) is 8.02. The standard InChI is InChI=1S/C18H21N5O2/c1-13(21-18(24)17-10-22(2)12-19-17)11-25-16-6-4-5-14(7-16)15-8-20-23(3)9-15/h4-10,12-13H,11H2,1-3H3,(H,21,24). The molecule has 0 aliphatic heterocycles. The van der Waals surface area contributed by atoms with E-state index in [2.05, 4.69) is 15.4 Å². The monoisotopic (exact) mass is 339 g/mol. The number of carbonyl (C=O) groups excluding carboxylic acids is 1. The van der Waals surface area contributed by atoms with Gasteiger partial charge in [-0.25, -0.2) is 4.98 Å². The molecule has 25 heavy (non-hydrogen) atoms. The van der Waals surface area contributed by atoms with Crippen LogP contribution in [-0.4, -0.2) is 37.9 Å². The highest BCUT2D eigenvalue weighted by Gasteiger charge is 2.12. The largest absolute Gasteiger partial charge is 0.491 e. The van der Waals surface area contributed by atoms with Gasteiger partial charge in [0.25, 0.3) is 5.91 Å². The third kappa shape index (κ3) is 4.26. The number of aryl methyl sites for hydroxylation is 2. The van der Waals surface area contributed by atoms with E-state index in [1.165, 1.54) is 0 Å². The lowest BCUT2D eigenvalue weighted by atomic mass is 10.1. The first kappa shape index (κ1) is 16.8. The predicted molar refractivity (Wildman–Crippen MR) is 94.3 cm³/mol. The number of nitrogens with zero attached hydrogens (tertiary/aromatic N) is 4. The number of ether oxygens (including phenoxy) is 1.